The molecule has 0 atom stereocenters. The standard InChI is InChI=1S/C11H16N2O3S/c1-11(2,3)13(5-4-9(14)15)10(16)8-6-12-7-17-8/h6-7H,4-5H2,1-3H3,(H,14,15). The molecule has 94 valence electrons. The third-order valence-corrected chi connectivity index (χ3v) is 3.01. The number of hydrogen-bond acceptors (Lipinski definition) is 4. The number of thiazole rings is 1. The molecule has 5 nitrogen and oxygen atoms in total. The van der Waals surface area contributed by atoms with E-state index >= 15 is 0 Å². The van der Waals surface area contributed by atoms with Crippen LogP contribution in [-0.2, 0) is 4.79 Å². The van der Waals surface area contributed by atoms with E-state index in [4.69, 9.17) is 5.11 Å². The normalized spacial score (nSPS) is 11.2. The summed E-state index contributed by atoms with van der Waals surface area (Å²) in [4.78, 5) is 28.7. The van der Waals surface area contributed by atoms with E-state index in [1.165, 1.54) is 17.5 Å². The summed E-state index contributed by atoms with van der Waals surface area (Å²) >= 11 is 1.26. The highest BCUT2D eigenvalue weighted by molar-refractivity contribution is 7.11. The maximum Gasteiger partial charge on any atom is 0.305 e. The summed E-state index contributed by atoms with van der Waals surface area (Å²) in [5, 5.41) is 8.69. The van der Waals surface area contributed by atoms with Gasteiger partial charge < -0.3 is 10.0 Å². The lowest BCUT2D eigenvalue weighted by molar-refractivity contribution is -0.137. The molecule has 1 N–H and O–H groups in total. The molecule has 1 aromatic rings. The van der Waals surface area contributed by atoms with Gasteiger partial charge in [0.1, 0.15) is 4.88 Å². The summed E-state index contributed by atoms with van der Waals surface area (Å²) in [6, 6.07) is 0. The van der Waals surface area contributed by atoms with Gasteiger partial charge >= 0.3 is 5.97 Å². The van der Waals surface area contributed by atoms with Crippen LogP contribution in [0.1, 0.15) is 36.9 Å². The summed E-state index contributed by atoms with van der Waals surface area (Å²) in [6.45, 7) is 5.85. The van der Waals surface area contributed by atoms with Crippen molar-refractivity contribution in [3.05, 3.63) is 16.6 Å². The summed E-state index contributed by atoms with van der Waals surface area (Å²) < 4.78 is 0. The van der Waals surface area contributed by atoms with Crippen molar-refractivity contribution >= 4 is 23.2 Å². The number of rotatable bonds is 4. The van der Waals surface area contributed by atoms with E-state index in [2.05, 4.69) is 4.98 Å². The van der Waals surface area contributed by atoms with Crippen LogP contribution in [0.2, 0.25) is 0 Å². The van der Waals surface area contributed by atoms with E-state index in [0.717, 1.165) is 0 Å². The van der Waals surface area contributed by atoms with Crippen LogP contribution >= 0.6 is 11.3 Å². The van der Waals surface area contributed by atoms with Crippen molar-refractivity contribution < 1.29 is 14.7 Å². The maximum absolute atomic E-state index is 12.2. The summed E-state index contributed by atoms with van der Waals surface area (Å²) in [6.07, 6.45) is 1.45. The Labute approximate surface area is 104 Å². The fourth-order valence-electron chi connectivity index (χ4n) is 1.40. The Hall–Kier alpha value is -1.43. The number of carbonyl (C=O) groups is 2. The van der Waals surface area contributed by atoms with Crippen LogP contribution in [0.25, 0.3) is 0 Å². The first-order chi connectivity index (χ1) is 7.82. The Bertz CT molecular complexity index is 395. The molecule has 1 heterocycles. The second-order valence-electron chi connectivity index (χ2n) is 4.64. The minimum atomic E-state index is -0.906. The molecule has 0 aliphatic heterocycles. The fraction of sp³-hybridized carbons (Fsp3) is 0.545. The molecule has 1 amide bonds. The second-order valence-corrected chi connectivity index (χ2v) is 5.52. The van der Waals surface area contributed by atoms with Gasteiger partial charge in [-0.3, -0.25) is 14.6 Å². The first-order valence-electron chi connectivity index (χ1n) is 5.24. The van der Waals surface area contributed by atoms with Crippen molar-refractivity contribution in [2.75, 3.05) is 6.54 Å². The quantitative estimate of drug-likeness (QED) is 0.892. The Balaban J connectivity index is 2.84. The van der Waals surface area contributed by atoms with E-state index in [9.17, 15) is 9.59 Å². The van der Waals surface area contributed by atoms with Crippen LogP contribution in [0, 0.1) is 0 Å². The van der Waals surface area contributed by atoms with Crippen LogP contribution < -0.4 is 0 Å². The predicted octanol–water partition coefficient (Wildman–Crippen LogP) is 1.86. The van der Waals surface area contributed by atoms with E-state index in [1.54, 1.807) is 10.4 Å². The van der Waals surface area contributed by atoms with Crippen LogP contribution in [0.5, 0.6) is 0 Å². The van der Waals surface area contributed by atoms with Crippen molar-refractivity contribution in [2.45, 2.75) is 32.7 Å². The van der Waals surface area contributed by atoms with Gasteiger partial charge in [-0.15, -0.1) is 11.3 Å². The highest BCUT2D eigenvalue weighted by atomic mass is 32.1. The van der Waals surface area contributed by atoms with Gasteiger partial charge in [0, 0.05) is 12.1 Å². The summed E-state index contributed by atoms with van der Waals surface area (Å²) in [7, 11) is 0. The molecule has 17 heavy (non-hydrogen) atoms. The first-order valence-corrected chi connectivity index (χ1v) is 6.12. The molecule has 0 spiro atoms. The van der Waals surface area contributed by atoms with Crippen LogP contribution in [-0.4, -0.2) is 39.0 Å². The molecule has 0 aromatic carbocycles. The molecule has 0 fully saturated rings. The zero-order chi connectivity index (χ0) is 13.1. The van der Waals surface area contributed by atoms with Gasteiger partial charge in [-0.1, -0.05) is 0 Å². The lowest BCUT2D eigenvalue weighted by Crippen LogP contribution is -2.46. The Morgan fingerprint density at radius 3 is 2.53 bits per heavy atom. The zero-order valence-electron chi connectivity index (χ0n) is 10.1. The number of aromatic nitrogens is 1. The Morgan fingerprint density at radius 2 is 2.12 bits per heavy atom. The van der Waals surface area contributed by atoms with Crippen molar-refractivity contribution in [3.63, 3.8) is 0 Å². The molecular weight excluding hydrogens is 240 g/mol. The van der Waals surface area contributed by atoms with E-state index in [0.29, 0.717) is 4.88 Å². The average molecular weight is 256 g/mol. The highest BCUT2D eigenvalue weighted by Crippen LogP contribution is 2.19. The fourth-order valence-corrected chi connectivity index (χ4v) is 1.97. The molecule has 6 heteroatoms. The molecule has 0 unspecified atom stereocenters. The van der Waals surface area contributed by atoms with E-state index in [1.807, 2.05) is 20.8 Å². The van der Waals surface area contributed by atoms with Gasteiger partial charge in [0.2, 0.25) is 0 Å². The second kappa shape index (κ2) is 5.27. The maximum atomic E-state index is 12.2. The number of carbonyl (C=O) groups excluding carboxylic acids is 1. The lowest BCUT2D eigenvalue weighted by atomic mass is 10.1. The molecule has 0 aliphatic rings. The van der Waals surface area contributed by atoms with Gasteiger partial charge in [0.25, 0.3) is 5.91 Å². The minimum Gasteiger partial charge on any atom is -0.481 e. The number of amides is 1. The molecule has 1 aromatic heterocycles. The number of hydrogen-bond donors (Lipinski definition) is 1. The van der Waals surface area contributed by atoms with Crippen LogP contribution in [0.15, 0.2) is 11.7 Å². The topological polar surface area (TPSA) is 70.5 Å². The number of carboxylic acids is 1. The van der Waals surface area contributed by atoms with Gasteiger partial charge in [-0.05, 0) is 20.8 Å². The van der Waals surface area contributed by atoms with Gasteiger partial charge in [0.15, 0.2) is 0 Å². The third-order valence-electron chi connectivity index (χ3n) is 2.25. The molecule has 1 rings (SSSR count). The molecular formula is C11H16N2O3S. The monoisotopic (exact) mass is 256 g/mol. The summed E-state index contributed by atoms with van der Waals surface area (Å²) in [5.74, 6) is -1.07. The van der Waals surface area contributed by atoms with Crippen LogP contribution in [0.4, 0.5) is 0 Å². The first kappa shape index (κ1) is 13.6. The van der Waals surface area contributed by atoms with Gasteiger partial charge in [0.05, 0.1) is 18.1 Å². The van der Waals surface area contributed by atoms with E-state index in [-0.39, 0.29) is 18.9 Å². The zero-order valence-corrected chi connectivity index (χ0v) is 11.0. The minimum absolute atomic E-state index is 0.0538. The lowest BCUT2D eigenvalue weighted by Gasteiger charge is -2.35. The molecule has 0 saturated heterocycles. The molecule has 0 radical (unpaired) electrons. The van der Waals surface area contributed by atoms with Crippen molar-refractivity contribution in [1.82, 2.24) is 9.88 Å². The molecule has 0 saturated carbocycles. The van der Waals surface area contributed by atoms with Crippen molar-refractivity contribution in [1.29, 1.82) is 0 Å². The Kier molecular flexibility index (Phi) is 4.22. The number of carboxylic acid groups (broad SMARTS) is 1. The summed E-state index contributed by atoms with van der Waals surface area (Å²) in [5.41, 5.74) is 1.18. The predicted molar refractivity (Wildman–Crippen MR) is 65.2 cm³/mol. The SMILES string of the molecule is CC(C)(C)N(CCC(=O)O)C(=O)c1cncs1. The third kappa shape index (κ3) is 3.81. The number of aliphatic carboxylic acids is 1. The number of nitrogens with zero attached hydrogens (tertiary/aromatic N) is 2. The Morgan fingerprint density at radius 1 is 1.47 bits per heavy atom. The van der Waals surface area contributed by atoms with Crippen LogP contribution in [0.3, 0.4) is 0 Å². The highest BCUT2D eigenvalue weighted by Gasteiger charge is 2.28. The smallest absolute Gasteiger partial charge is 0.305 e. The van der Waals surface area contributed by atoms with Gasteiger partial charge in [-0.25, -0.2) is 0 Å². The van der Waals surface area contributed by atoms with Crippen molar-refractivity contribution in [2.24, 2.45) is 0 Å². The average Bonchev–Trinajstić information content (AvgIpc) is 2.67. The molecule has 0 aliphatic carbocycles. The van der Waals surface area contributed by atoms with Crippen molar-refractivity contribution in [3.8, 4) is 0 Å². The van der Waals surface area contributed by atoms with Gasteiger partial charge in [-0.2, -0.15) is 0 Å². The molecule has 0 bridgehead atoms. The largest absolute Gasteiger partial charge is 0.481 e. The van der Waals surface area contributed by atoms with E-state index < -0.39 is 11.5 Å².